The van der Waals surface area contributed by atoms with Crippen molar-refractivity contribution >= 4 is 29.4 Å². The van der Waals surface area contributed by atoms with E-state index in [9.17, 15) is 24.6 Å². The normalized spacial score (nSPS) is 13.4. The molecular formula is C24H22ClN3O5. The average molecular weight is 468 g/mol. The Morgan fingerprint density at radius 2 is 1.55 bits per heavy atom. The van der Waals surface area contributed by atoms with Crippen molar-refractivity contribution in [2.45, 2.75) is 24.6 Å². The molecule has 4 N–H and O–H groups in total. The van der Waals surface area contributed by atoms with E-state index < -0.39 is 36.0 Å². The van der Waals surface area contributed by atoms with Crippen LogP contribution in [0.3, 0.4) is 0 Å². The fourth-order valence-corrected chi connectivity index (χ4v) is 3.30. The molecule has 3 atom stereocenters. The third-order valence-corrected chi connectivity index (χ3v) is 5.13. The molecule has 0 radical (unpaired) electrons. The van der Waals surface area contributed by atoms with Gasteiger partial charge in [-0.05, 0) is 29.3 Å². The SMILES string of the molecule is O=C(N[C@@H](c1ccccc1)[C@@H](O)C(=O)N[C@@H](Cc1ccc(Cl)nc1)C(=O)O)c1ccccc1. The number of rotatable bonds is 9. The lowest BCUT2D eigenvalue weighted by atomic mass is 9.99. The number of aromatic nitrogens is 1. The van der Waals surface area contributed by atoms with Crippen molar-refractivity contribution in [3.8, 4) is 0 Å². The van der Waals surface area contributed by atoms with E-state index in [4.69, 9.17) is 11.6 Å². The third-order valence-electron chi connectivity index (χ3n) is 4.91. The number of nitrogens with one attached hydrogen (secondary N) is 2. The molecule has 0 aliphatic heterocycles. The zero-order chi connectivity index (χ0) is 23.8. The first-order valence-corrected chi connectivity index (χ1v) is 10.5. The molecule has 2 aromatic carbocycles. The second kappa shape index (κ2) is 11.2. The summed E-state index contributed by atoms with van der Waals surface area (Å²) in [5, 5.41) is 25.6. The third kappa shape index (κ3) is 6.61. The Kier molecular flexibility index (Phi) is 8.12. The average Bonchev–Trinajstić information content (AvgIpc) is 2.83. The first kappa shape index (κ1) is 23.9. The highest BCUT2D eigenvalue weighted by molar-refractivity contribution is 6.29. The summed E-state index contributed by atoms with van der Waals surface area (Å²) in [5.41, 5.74) is 1.38. The van der Waals surface area contributed by atoms with Gasteiger partial charge in [0.2, 0.25) is 0 Å². The minimum Gasteiger partial charge on any atom is -0.480 e. The number of amides is 2. The number of carboxylic acid groups (broad SMARTS) is 1. The van der Waals surface area contributed by atoms with Crippen LogP contribution in [0, 0.1) is 0 Å². The highest BCUT2D eigenvalue weighted by Crippen LogP contribution is 2.19. The number of carbonyl (C=O) groups excluding carboxylic acids is 2. The van der Waals surface area contributed by atoms with Gasteiger partial charge in [0.15, 0.2) is 6.10 Å². The van der Waals surface area contributed by atoms with Crippen LogP contribution in [-0.2, 0) is 16.0 Å². The van der Waals surface area contributed by atoms with Crippen molar-refractivity contribution in [1.82, 2.24) is 15.6 Å². The van der Waals surface area contributed by atoms with Gasteiger partial charge in [0, 0.05) is 18.2 Å². The minimum atomic E-state index is -1.75. The van der Waals surface area contributed by atoms with Crippen molar-refractivity contribution in [2.75, 3.05) is 0 Å². The van der Waals surface area contributed by atoms with E-state index in [1.165, 1.54) is 12.3 Å². The van der Waals surface area contributed by atoms with Crippen LogP contribution in [0.1, 0.15) is 27.5 Å². The molecule has 9 heteroatoms. The van der Waals surface area contributed by atoms with Gasteiger partial charge in [0.25, 0.3) is 11.8 Å². The van der Waals surface area contributed by atoms with E-state index in [-0.39, 0.29) is 11.6 Å². The molecule has 1 heterocycles. The maximum Gasteiger partial charge on any atom is 0.326 e. The zero-order valence-corrected chi connectivity index (χ0v) is 18.1. The topological polar surface area (TPSA) is 129 Å². The largest absolute Gasteiger partial charge is 0.480 e. The van der Waals surface area contributed by atoms with E-state index >= 15 is 0 Å². The molecule has 0 saturated carbocycles. The van der Waals surface area contributed by atoms with Crippen LogP contribution in [0.25, 0.3) is 0 Å². The number of benzene rings is 2. The van der Waals surface area contributed by atoms with E-state index in [1.807, 2.05) is 0 Å². The van der Waals surface area contributed by atoms with Crippen LogP contribution < -0.4 is 10.6 Å². The molecular weight excluding hydrogens is 446 g/mol. The number of aliphatic carboxylic acids is 1. The lowest BCUT2D eigenvalue weighted by molar-refractivity contribution is -0.143. The molecule has 3 aromatic rings. The zero-order valence-electron chi connectivity index (χ0n) is 17.4. The summed E-state index contributed by atoms with van der Waals surface area (Å²) in [4.78, 5) is 41.1. The molecule has 3 rings (SSSR count). The summed E-state index contributed by atoms with van der Waals surface area (Å²) >= 11 is 5.75. The Labute approximate surface area is 195 Å². The molecule has 0 spiro atoms. The summed E-state index contributed by atoms with van der Waals surface area (Å²) in [6.07, 6.45) is -0.400. The summed E-state index contributed by atoms with van der Waals surface area (Å²) < 4.78 is 0. The highest BCUT2D eigenvalue weighted by atomic mass is 35.5. The summed E-state index contributed by atoms with van der Waals surface area (Å²) in [6, 6.07) is 17.5. The monoisotopic (exact) mass is 467 g/mol. The van der Waals surface area contributed by atoms with Crippen LogP contribution in [0.4, 0.5) is 0 Å². The van der Waals surface area contributed by atoms with Gasteiger partial charge in [-0.3, -0.25) is 9.59 Å². The van der Waals surface area contributed by atoms with E-state index in [1.54, 1.807) is 66.7 Å². The lowest BCUT2D eigenvalue weighted by Gasteiger charge is -2.25. The maximum absolute atomic E-state index is 12.8. The molecule has 0 saturated heterocycles. The number of aliphatic hydroxyl groups excluding tert-OH is 1. The fourth-order valence-electron chi connectivity index (χ4n) is 3.19. The summed E-state index contributed by atoms with van der Waals surface area (Å²) in [6.45, 7) is 0. The molecule has 0 unspecified atom stereocenters. The van der Waals surface area contributed by atoms with Gasteiger partial charge in [-0.2, -0.15) is 0 Å². The number of aliphatic hydroxyl groups is 1. The molecule has 1 aromatic heterocycles. The molecule has 8 nitrogen and oxygen atoms in total. The molecule has 0 bridgehead atoms. The summed E-state index contributed by atoms with van der Waals surface area (Å²) in [5.74, 6) is -2.71. The lowest BCUT2D eigenvalue weighted by Crippen LogP contribution is -2.50. The van der Waals surface area contributed by atoms with Gasteiger partial charge < -0.3 is 20.8 Å². The second-order valence-electron chi connectivity index (χ2n) is 7.27. The first-order valence-electron chi connectivity index (χ1n) is 10.1. The van der Waals surface area contributed by atoms with Crippen LogP contribution in [0.2, 0.25) is 5.15 Å². The van der Waals surface area contributed by atoms with Crippen LogP contribution >= 0.6 is 11.6 Å². The smallest absolute Gasteiger partial charge is 0.326 e. The molecule has 0 fully saturated rings. The van der Waals surface area contributed by atoms with Gasteiger partial charge in [0.1, 0.15) is 11.2 Å². The van der Waals surface area contributed by atoms with Gasteiger partial charge in [-0.25, -0.2) is 9.78 Å². The Hall–Kier alpha value is -3.75. The number of halogens is 1. The van der Waals surface area contributed by atoms with Crippen molar-refractivity contribution < 1.29 is 24.6 Å². The Bertz CT molecular complexity index is 1090. The van der Waals surface area contributed by atoms with E-state index in [0.29, 0.717) is 16.7 Å². The molecule has 2 amide bonds. The van der Waals surface area contributed by atoms with Crippen molar-refractivity contribution in [3.05, 3.63) is 101 Å². The minimum absolute atomic E-state index is 0.0651. The number of carbonyl (C=O) groups is 3. The first-order chi connectivity index (χ1) is 15.8. The second-order valence-corrected chi connectivity index (χ2v) is 7.65. The van der Waals surface area contributed by atoms with Gasteiger partial charge >= 0.3 is 5.97 Å². The number of carboxylic acids is 1. The highest BCUT2D eigenvalue weighted by Gasteiger charge is 2.32. The molecule has 33 heavy (non-hydrogen) atoms. The Morgan fingerprint density at radius 3 is 2.12 bits per heavy atom. The number of nitrogens with zero attached hydrogens (tertiary/aromatic N) is 1. The predicted molar refractivity (Wildman–Crippen MR) is 122 cm³/mol. The Balaban J connectivity index is 1.78. The molecule has 170 valence electrons. The van der Waals surface area contributed by atoms with Crippen molar-refractivity contribution in [1.29, 1.82) is 0 Å². The van der Waals surface area contributed by atoms with Crippen LogP contribution in [0.5, 0.6) is 0 Å². The Morgan fingerprint density at radius 1 is 0.909 bits per heavy atom. The van der Waals surface area contributed by atoms with E-state index in [2.05, 4.69) is 15.6 Å². The number of hydrogen-bond acceptors (Lipinski definition) is 5. The van der Waals surface area contributed by atoms with Gasteiger partial charge in [-0.1, -0.05) is 66.2 Å². The quantitative estimate of drug-likeness (QED) is 0.358. The van der Waals surface area contributed by atoms with E-state index in [0.717, 1.165) is 0 Å². The molecule has 0 aliphatic rings. The fraction of sp³-hybridized carbons (Fsp3) is 0.167. The van der Waals surface area contributed by atoms with Gasteiger partial charge in [-0.15, -0.1) is 0 Å². The maximum atomic E-state index is 12.8. The standard InChI is InChI=1S/C24H22ClN3O5/c25-19-12-11-15(14-26-19)13-18(24(32)33)27-23(31)21(29)20(16-7-3-1-4-8-16)28-22(30)17-9-5-2-6-10-17/h1-12,14,18,20-21,29H,13H2,(H,27,31)(H,28,30)(H,32,33)/t18-,20-,21+/m0/s1. The van der Waals surface area contributed by atoms with Crippen molar-refractivity contribution in [3.63, 3.8) is 0 Å². The molecule has 0 aliphatic carbocycles. The van der Waals surface area contributed by atoms with Gasteiger partial charge in [0.05, 0.1) is 6.04 Å². The number of pyridine rings is 1. The predicted octanol–water partition coefficient (Wildman–Crippen LogP) is 2.38. The van der Waals surface area contributed by atoms with Crippen molar-refractivity contribution in [2.24, 2.45) is 0 Å². The van der Waals surface area contributed by atoms with Crippen LogP contribution in [-0.4, -0.2) is 45.1 Å². The van der Waals surface area contributed by atoms with Crippen LogP contribution in [0.15, 0.2) is 79.0 Å². The number of hydrogen-bond donors (Lipinski definition) is 4. The summed E-state index contributed by atoms with van der Waals surface area (Å²) in [7, 11) is 0.